The Morgan fingerprint density at radius 3 is 2.44 bits per heavy atom. The first-order chi connectivity index (χ1) is 16.2. The first-order valence-corrected chi connectivity index (χ1v) is 11.8. The van der Waals surface area contributed by atoms with Crippen LogP contribution in [0.5, 0.6) is 0 Å². The fourth-order valence-electron chi connectivity index (χ4n) is 3.24. The molecule has 5 N–H and O–H groups in total. The topological polar surface area (TPSA) is 135 Å². The molecule has 0 unspecified atom stereocenters. The molecule has 1 aromatic heterocycles. The Bertz CT molecular complexity index is 813. The molecule has 1 rings (SSSR count). The number of nitrogens with one attached hydrogen (secondary N) is 1. The van der Waals surface area contributed by atoms with Gasteiger partial charge >= 0.3 is 0 Å². The molecular weight excluding hydrogens is 434 g/mol. The predicted octanol–water partition coefficient (Wildman–Crippen LogP) is 1.94. The summed E-state index contributed by atoms with van der Waals surface area (Å²) < 4.78 is 5.29. The van der Waals surface area contributed by atoms with Gasteiger partial charge in [-0.1, -0.05) is 23.3 Å². The van der Waals surface area contributed by atoms with Gasteiger partial charge in [-0.15, -0.1) is 0 Å². The maximum Gasteiger partial charge on any atom is 0.243 e. The van der Waals surface area contributed by atoms with Crippen LogP contribution in [0, 0.1) is 0 Å². The summed E-state index contributed by atoms with van der Waals surface area (Å²) in [6, 6.07) is 3.42. The number of allylic oxidation sites excluding steroid dienone is 3. The van der Waals surface area contributed by atoms with E-state index in [1.807, 2.05) is 0 Å². The second-order valence-electron chi connectivity index (χ2n) is 8.61. The summed E-state index contributed by atoms with van der Waals surface area (Å²) in [5.74, 6) is -0.650. The average molecular weight is 476 g/mol. The zero-order valence-electron chi connectivity index (χ0n) is 20.8. The van der Waals surface area contributed by atoms with Crippen molar-refractivity contribution in [1.29, 1.82) is 0 Å². The fraction of sp³-hybridized carbons (Fsp3) is 0.560. The highest BCUT2D eigenvalue weighted by Crippen LogP contribution is 2.08. The van der Waals surface area contributed by atoms with E-state index in [1.54, 1.807) is 12.1 Å². The predicted molar refractivity (Wildman–Crippen MR) is 133 cm³/mol. The maximum absolute atomic E-state index is 12.9. The number of amides is 3. The molecule has 9 heteroatoms. The lowest BCUT2D eigenvalue weighted by molar-refractivity contribution is -0.142. The van der Waals surface area contributed by atoms with Crippen LogP contribution in [-0.4, -0.2) is 66.8 Å². The van der Waals surface area contributed by atoms with Gasteiger partial charge < -0.3 is 31.0 Å². The van der Waals surface area contributed by atoms with Crippen molar-refractivity contribution in [1.82, 2.24) is 15.1 Å². The van der Waals surface area contributed by atoms with Crippen LogP contribution < -0.4 is 16.8 Å². The lowest BCUT2D eigenvalue weighted by Gasteiger charge is -2.26. The standard InChI is InChI=1S/C25H41N5O4/c1-20(2)8-6-9-21(3)11-13-28-16-24(32)29(14-5-4-12-26)19-25(33)30(18-23(27)31)17-22-10-7-15-34-22/h7-8,10-11,15,28H,4-6,9,12-14,16-19,26H2,1-3H3,(H2,27,31)/b21-11+. The number of rotatable bonds is 17. The lowest BCUT2D eigenvalue weighted by atomic mass is 10.1. The Balaban J connectivity index is 2.68. The molecule has 0 aromatic carbocycles. The molecule has 0 saturated heterocycles. The second kappa shape index (κ2) is 16.7. The number of carbonyl (C=O) groups is 3. The number of nitrogens with zero attached hydrogens (tertiary/aromatic N) is 2. The van der Waals surface area contributed by atoms with Gasteiger partial charge in [-0.2, -0.15) is 0 Å². The first-order valence-electron chi connectivity index (χ1n) is 11.8. The van der Waals surface area contributed by atoms with Crippen molar-refractivity contribution in [3.05, 3.63) is 47.5 Å². The van der Waals surface area contributed by atoms with Gasteiger partial charge in [-0.3, -0.25) is 14.4 Å². The molecule has 9 nitrogen and oxygen atoms in total. The van der Waals surface area contributed by atoms with Crippen molar-refractivity contribution < 1.29 is 18.8 Å². The van der Waals surface area contributed by atoms with Crippen LogP contribution >= 0.6 is 0 Å². The molecule has 190 valence electrons. The van der Waals surface area contributed by atoms with Gasteiger partial charge in [-0.05, 0) is 65.1 Å². The van der Waals surface area contributed by atoms with E-state index < -0.39 is 5.91 Å². The largest absolute Gasteiger partial charge is 0.467 e. The third-order valence-electron chi connectivity index (χ3n) is 5.15. The van der Waals surface area contributed by atoms with Crippen molar-refractivity contribution in [3.63, 3.8) is 0 Å². The molecule has 34 heavy (non-hydrogen) atoms. The molecule has 0 saturated carbocycles. The van der Waals surface area contributed by atoms with Gasteiger partial charge in [0.05, 0.1) is 32.4 Å². The summed E-state index contributed by atoms with van der Waals surface area (Å²) in [5.41, 5.74) is 13.5. The van der Waals surface area contributed by atoms with E-state index in [-0.39, 0.29) is 38.0 Å². The number of unbranched alkanes of at least 4 members (excludes halogenated alkanes) is 1. The van der Waals surface area contributed by atoms with Crippen molar-refractivity contribution in [3.8, 4) is 0 Å². The van der Waals surface area contributed by atoms with Gasteiger partial charge in [-0.25, -0.2) is 0 Å². The highest BCUT2D eigenvalue weighted by Gasteiger charge is 2.23. The molecule has 0 aliphatic rings. The molecule has 0 aliphatic carbocycles. The van der Waals surface area contributed by atoms with Crippen molar-refractivity contribution in [2.24, 2.45) is 11.5 Å². The number of carbonyl (C=O) groups excluding carboxylic acids is 3. The molecule has 1 aromatic rings. The van der Waals surface area contributed by atoms with Gasteiger partial charge in [0, 0.05) is 13.1 Å². The minimum absolute atomic E-state index is 0.106. The minimum Gasteiger partial charge on any atom is -0.467 e. The van der Waals surface area contributed by atoms with E-state index in [4.69, 9.17) is 15.9 Å². The van der Waals surface area contributed by atoms with Crippen molar-refractivity contribution in [2.45, 2.75) is 53.0 Å². The molecule has 0 spiro atoms. The van der Waals surface area contributed by atoms with Gasteiger partial charge in [0.15, 0.2) is 0 Å². The molecule has 3 amide bonds. The van der Waals surface area contributed by atoms with Crippen LogP contribution in [0.15, 0.2) is 46.1 Å². The summed E-state index contributed by atoms with van der Waals surface area (Å²) >= 11 is 0. The van der Waals surface area contributed by atoms with E-state index in [1.165, 1.54) is 27.2 Å². The first kappa shape index (κ1) is 29.1. The molecule has 0 aliphatic heterocycles. The summed E-state index contributed by atoms with van der Waals surface area (Å²) in [5, 5.41) is 3.14. The second-order valence-corrected chi connectivity index (χ2v) is 8.61. The Labute approximate surface area is 203 Å². The Morgan fingerprint density at radius 1 is 1.06 bits per heavy atom. The Morgan fingerprint density at radius 2 is 1.82 bits per heavy atom. The highest BCUT2D eigenvalue weighted by atomic mass is 16.3. The zero-order valence-corrected chi connectivity index (χ0v) is 20.8. The van der Waals surface area contributed by atoms with E-state index in [2.05, 4.69) is 38.2 Å². The van der Waals surface area contributed by atoms with E-state index in [9.17, 15) is 14.4 Å². The number of hydrogen-bond acceptors (Lipinski definition) is 6. The number of hydrogen-bond donors (Lipinski definition) is 3. The SMILES string of the molecule is CC(C)=CCC/C(C)=C/CNCC(=O)N(CCCCN)CC(=O)N(CC(N)=O)Cc1ccco1. The average Bonchev–Trinajstić information content (AvgIpc) is 3.28. The third-order valence-corrected chi connectivity index (χ3v) is 5.15. The Kier molecular flexibility index (Phi) is 14.3. The summed E-state index contributed by atoms with van der Waals surface area (Å²) in [7, 11) is 0. The van der Waals surface area contributed by atoms with E-state index in [0.717, 1.165) is 19.3 Å². The smallest absolute Gasteiger partial charge is 0.243 e. The minimum atomic E-state index is -0.630. The zero-order chi connectivity index (χ0) is 25.3. The number of primary amides is 1. The highest BCUT2D eigenvalue weighted by molar-refractivity contribution is 5.88. The van der Waals surface area contributed by atoms with Crippen molar-refractivity contribution >= 4 is 17.7 Å². The van der Waals surface area contributed by atoms with Crippen LogP contribution in [0.3, 0.4) is 0 Å². The monoisotopic (exact) mass is 475 g/mol. The van der Waals surface area contributed by atoms with E-state index >= 15 is 0 Å². The summed E-state index contributed by atoms with van der Waals surface area (Å²) in [4.78, 5) is 40.1. The normalized spacial score (nSPS) is 11.2. The van der Waals surface area contributed by atoms with Crippen LogP contribution in [-0.2, 0) is 20.9 Å². The van der Waals surface area contributed by atoms with E-state index in [0.29, 0.717) is 31.8 Å². The van der Waals surface area contributed by atoms with Crippen LogP contribution in [0.25, 0.3) is 0 Å². The summed E-state index contributed by atoms with van der Waals surface area (Å²) in [6.45, 7) is 7.56. The third kappa shape index (κ3) is 13.0. The fourth-order valence-corrected chi connectivity index (χ4v) is 3.24. The molecule has 0 atom stereocenters. The Hall–Kier alpha value is -2.91. The van der Waals surface area contributed by atoms with Crippen molar-refractivity contribution in [2.75, 3.05) is 39.3 Å². The lowest BCUT2D eigenvalue weighted by Crippen LogP contribution is -2.47. The van der Waals surface area contributed by atoms with Gasteiger partial charge in [0.2, 0.25) is 17.7 Å². The molecule has 1 heterocycles. The number of nitrogens with two attached hydrogens (primary N) is 2. The van der Waals surface area contributed by atoms with Gasteiger partial charge in [0.1, 0.15) is 5.76 Å². The molecule has 0 radical (unpaired) electrons. The summed E-state index contributed by atoms with van der Waals surface area (Å²) in [6.07, 6.45) is 9.19. The molecule has 0 fully saturated rings. The molecular formula is C25H41N5O4. The van der Waals surface area contributed by atoms with Crippen LogP contribution in [0.4, 0.5) is 0 Å². The molecule has 0 bridgehead atoms. The maximum atomic E-state index is 12.9. The number of furan rings is 1. The van der Waals surface area contributed by atoms with Gasteiger partial charge in [0.25, 0.3) is 0 Å². The van der Waals surface area contributed by atoms with Crippen LogP contribution in [0.1, 0.15) is 52.2 Å². The quantitative estimate of drug-likeness (QED) is 0.233. The van der Waals surface area contributed by atoms with Crippen LogP contribution in [0.2, 0.25) is 0 Å².